The van der Waals surface area contributed by atoms with Crippen molar-refractivity contribution in [2.75, 3.05) is 39.3 Å². The van der Waals surface area contributed by atoms with Gasteiger partial charge in [0.2, 0.25) is 5.91 Å². The number of halogens is 2. The smallest absolute Gasteiger partial charge is 0.230 e. The lowest BCUT2D eigenvalue weighted by Crippen LogP contribution is -2.45. The molecule has 1 aliphatic carbocycles. The van der Waals surface area contributed by atoms with Crippen LogP contribution >= 0.6 is 12.4 Å². The van der Waals surface area contributed by atoms with Gasteiger partial charge in [-0.3, -0.25) is 4.79 Å². The van der Waals surface area contributed by atoms with Crippen LogP contribution in [-0.4, -0.2) is 50.1 Å². The van der Waals surface area contributed by atoms with Crippen molar-refractivity contribution in [3.8, 4) is 0 Å². The monoisotopic (exact) mass is 369 g/mol. The quantitative estimate of drug-likeness (QED) is 0.757. The van der Waals surface area contributed by atoms with E-state index < -0.39 is 5.41 Å². The number of piperazine rings is 1. The Morgan fingerprint density at radius 2 is 1.96 bits per heavy atom. The molecular formula is C19H29ClFN3O. The maximum absolute atomic E-state index is 13.6. The third kappa shape index (κ3) is 4.93. The molecule has 1 aromatic rings. The Morgan fingerprint density at radius 3 is 2.64 bits per heavy atom. The second-order valence-electron chi connectivity index (χ2n) is 7.00. The highest BCUT2D eigenvalue weighted by atomic mass is 35.5. The van der Waals surface area contributed by atoms with Crippen LogP contribution in [0.15, 0.2) is 24.3 Å². The molecule has 3 rings (SSSR count). The number of amides is 1. The predicted molar refractivity (Wildman–Crippen MR) is 101 cm³/mol. The number of hydrogen-bond acceptors (Lipinski definition) is 3. The summed E-state index contributed by atoms with van der Waals surface area (Å²) >= 11 is 0. The number of rotatable bonds is 6. The van der Waals surface area contributed by atoms with Crippen LogP contribution in [0.2, 0.25) is 0 Å². The minimum atomic E-state index is -0.531. The molecule has 1 saturated heterocycles. The van der Waals surface area contributed by atoms with Crippen molar-refractivity contribution in [2.24, 2.45) is 0 Å². The first-order chi connectivity index (χ1) is 11.7. The van der Waals surface area contributed by atoms with Gasteiger partial charge in [0.15, 0.2) is 0 Å². The Bertz CT molecular complexity index is 557. The molecule has 0 aromatic heterocycles. The minimum Gasteiger partial charge on any atom is -0.355 e. The molecule has 0 bridgehead atoms. The van der Waals surface area contributed by atoms with Crippen LogP contribution in [0, 0.1) is 5.82 Å². The summed E-state index contributed by atoms with van der Waals surface area (Å²) in [5.74, 6) is -0.184. The van der Waals surface area contributed by atoms with Crippen molar-refractivity contribution in [3.63, 3.8) is 0 Å². The van der Waals surface area contributed by atoms with E-state index in [2.05, 4.69) is 15.5 Å². The van der Waals surface area contributed by atoms with Crippen molar-refractivity contribution in [3.05, 3.63) is 35.6 Å². The van der Waals surface area contributed by atoms with E-state index in [4.69, 9.17) is 0 Å². The Kier molecular flexibility index (Phi) is 7.66. The topological polar surface area (TPSA) is 44.4 Å². The van der Waals surface area contributed by atoms with Gasteiger partial charge in [-0.1, -0.05) is 25.0 Å². The molecule has 1 heterocycles. The third-order valence-electron chi connectivity index (χ3n) is 5.42. The van der Waals surface area contributed by atoms with Crippen molar-refractivity contribution in [2.45, 2.75) is 37.5 Å². The Hall–Kier alpha value is -1.17. The fourth-order valence-electron chi connectivity index (χ4n) is 4.02. The molecule has 140 valence electrons. The average Bonchev–Trinajstić information content (AvgIpc) is 3.11. The van der Waals surface area contributed by atoms with Crippen LogP contribution in [-0.2, 0) is 10.2 Å². The van der Waals surface area contributed by atoms with Crippen molar-refractivity contribution in [1.82, 2.24) is 15.5 Å². The zero-order valence-electron chi connectivity index (χ0n) is 14.7. The molecule has 1 aromatic carbocycles. The lowest BCUT2D eigenvalue weighted by molar-refractivity contribution is -0.126. The number of carbonyl (C=O) groups is 1. The molecule has 2 fully saturated rings. The summed E-state index contributed by atoms with van der Waals surface area (Å²) in [4.78, 5) is 15.3. The van der Waals surface area contributed by atoms with E-state index in [1.165, 1.54) is 12.1 Å². The van der Waals surface area contributed by atoms with Crippen LogP contribution in [0.25, 0.3) is 0 Å². The molecule has 0 atom stereocenters. The standard InChI is InChI=1S/C19H28FN3O.ClH/c20-17-6-3-5-16(15-17)19(7-1-2-8-19)18(24)22-9-4-12-23-13-10-21-11-14-23;/h3,5-6,15,21H,1-2,4,7-14H2,(H,22,24);1H. The van der Waals surface area contributed by atoms with Gasteiger partial charge in [-0.05, 0) is 43.5 Å². The highest BCUT2D eigenvalue weighted by Crippen LogP contribution is 2.41. The van der Waals surface area contributed by atoms with E-state index in [1.807, 2.05) is 6.07 Å². The molecule has 1 saturated carbocycles. The molecule has 2 aliphatic rings. The van der Waals surface area contributed by atoms with Gasteiger partial charge < -0.3 is 15.5 Å². The van der Waals surface area contributed by atoms with E-state index in [0.29, 0.717) is 6.54 Å². The summed E-state index contributed by atoms with van der Waals surface area (Å²) in [6, 6.07) is 6.58. The van der Waals surface area contributed by atoms with Crippen molar-refractivity contribution in [1.29, 1.82) is 0 Å². The van der Waals surface area contributed by atoms with E-state index in [-0.39, 0.29) is 24.1 Å². The highest BCUT2D eigenvalue weighted by Gasteiger charge is 2.42. The third-order valence-corrected chi connectivity index (χ3v) is 5.42. The summed E-state index contributed by atoms with van der Waals surface area (Å²) < 4.78 is 13.6. The number of carbonyl (C=O) groups excluding carboxylic acids is 1. The molecule has 4 nitrogen and oxygen atoms in total. The SMILES string of the molecule is Cl.O=C(NCCCN1CCNCC1)C1(c2cccc(F)c2)CCCC1. The van der Waals surface area contributed by atoms with Crippen molar-refractivity contribution >= 4 is 18.3 Å². The van der Waals surface area contributed by atoms with Gasteiger partial charge in [-0.2, -0.15) is 0 Å². The van der Waals surface area contributed by atoms with E-state index in [0.717, 1.165) is 70.4 Å². The van der Waals surface area contributed by atoms with Crippen LogP contribution < -0.4 is 10.6 Å². The first-order valence-corrected chi connectivity index (χ1v) is 9.18. The van der Waals surface area contributed by atoms with Gasteiger partial charge in [0, 0.05) is 32.7 Å². The van der Waals surface area contributed by atoms with Gasteiger partial charge in [-0.15, -0.1) is 12.4 Å². The Labute approximate surface area is 156 Å². The van der Waals surface area contributed by atoms with E-state index >= 15 is 0 Å². The fourth-order valence-corrected chi connectivity index (χ4v) is 4.02. The minimum absolute atomic E-state index is 0. The molecule has 2 N–H and O–H groups in total. The van der Waals surface area contributed by atoms with Gasteiger partial charge in [0.1, 0.15) is 5.82 Å². The van der Waals surface area contributed by atoms with Crippen LogP contribution in [0.1, 0.15) is 37.7 Å². The largest absolute Gasteiger partial charge is 0.355 e. The number of nitrogens with zero attached hydrogens (tertiary/aromatic N) is 1. The number of benzene rings is 1. The maximum Gasteiger partial charge on any atom is 0.230 e. The molecular weight excluding hydrogens is 341 g/mol. The van der Waals surface area contributed by atoms with E-state index in [1.54, 1.807) is 6.07 Å². The molecule has 1 amide bonds. The highest BCUT2D eigenvalue weighted by molar-refractivity contribution is 5.88. The molecule has 0 radical (unpaired) electrons. The van der Waals surface area contributed by atoms with Crippen LogP contribution in [0.4, 0.5) is 4.39 Å². The van der Waals surface area contributed by atoms with Gasteiger partial charge >= 0.3 is 0 Å². The zero-order valence-corrected chi connectivity index (χ0v) is 15.5. The normalized spacial score (nSPS) is 20.0. The average molecular weight is 370 g/mol. The maximum atomic E-state index is 13.6. The Balaban J connectivity index is 0.00000225. The zero-order chi connectivity index (χ0) is 16.8. The summed E-state index contributed by atoms with van der Waals surface area (Å²) in [5, 5.41) is 6.47. The van der Waals surface area contributed by atoms with Crippen LogP contribution in [0.5, 0.6) is 0 Å². The first-order valence-electron chi connectivity index (χ1n) is 9.18. The molecule has 6 heteroatoms. The lowest BCUT2D eigenvalue weighted by atomic mass is 9.78. The van der Waals surface area contributed by atoms with Gasteiger partial charge in [0.05, 0.1) is 5.41 Å². The van der Waals surface area contributed by atoms with Gasteiger partial charge in [-0.25, -0.2) is 4.39 Å². The molecule has 0 unspecified atom stereocenters. The van der Waals surface area contributed by atoms with Crippen LogP contribution in [0.3, 0.4) is 0 Å². The predicted octanol–water partition coefficient (Wildman–Crippen LogP) is 2.47. The number of hydrogen-bond donors (Lipinski definition) is 2. The molecule has 1 aliphatic heterocycles. The van der Waals surface area contributed by atoms with Crippen molar-refractivity contribution < 1.29 is 9.18 Å². The summed E-state index contributed by atoms with van der Waals surface area (Å²) in [6.07, 6.45) is 4.67. The molecule has 0 spiro atoms. The van der Waals surface area contributed by atoms with E-state index in [9.17, 15) is 9.18 Å². The summed E-state index contributed by atoms with van der Waals surface area (Å²) in [6.45, 7) is 5.99. The second kappa shape index (κ2) is 9.51. The number of nitrogens with one attached hydrogen (secondary N) is 2. The second-order valence-corrected chi connectivity index (χ2v) is 7.00. The summed E-state index contributed by atoms with van der Waals surface area (Å²) in [5.41, 5.74) is 0.302. The lowest BCUT2D eigenvalue weighted by Gasteiger charge is -2.29. The summed E-state index contributed by atoms with van der Waals surface area (Å²) in [7, 11) is 0. The first kappa shape index (κ1) is 20.1. The van der Waals surface area contributed by atoms with Gasteiger partial charge in [0.25, 0.3) is 0 Å². The molecule has 25 heavy (non-hydrogen) atoms. The fraction of sp³-hybridized carbons (Fsp3) is 0.632. The Morgan fingerprint density at radius 1 is 1.24 bits per heavy atom.